The lowest BCUT2D eigenvalue weighted by Crippen LogP contribution is -2.44. The maximum absolute atomic E-state index is 3.76. The number of hydrogen-bond donors (Lipinski definition) is 1. The van der Waals surface area contributed by atoms with Crippen LogP contribution in [0.1, 0.15) is 57.1 Å². The molecular formula is C17H27N. The Morgan fingerprint density at radius 2 is 1.72 bits per heavy atom. The summed E-state index contributed by atoms with van der Waals surface area (Å²) in [5.74, 6) is 1.58. The minimum atomic E-state index is 0.661. The number of aryl methyl sites for hydroxylation is 1. The topological polar surface area (TPSA) is 12.0 Å². The summed E-state index contributed by atoms with van der Waals surface area (Å²) in [5.41, 5.74) is 2.88. The molecule has 0 heterocycles. The van der Waals surface area contributed by atoms with Crippen molar-refractivity contribution >= 4 is 0 Å². The lowest BCUT2D eigenvalue weighted by molar-refractivity contribution is 0.257. The summed E-state index contributed by atoms with van der Waals surface area (Å²) < 4.78 is 0. The van der Waals surface area contributed by atoms with Crippen molar-refractivity contribution in [2.45, 2.75) is 65.0 Å². The highest BCUT2D eigenvalue weighted by atomic mass is 15.0. The van der Waals surface area contributed by atoms with E-state index in [1.807, 2.05) is 0 Å². The van der Waals surface area contributed by atoms with Gasteiger partial charge in [0.2, 0.25) is 0 Å². The lowest BCUT2D eigenvalue weighted by atomic mass is 9.75. The van der Waals surface area contributed by atoms with Gasteiger partial charge in [0, 0.05) is 12.1 Å². The molecular weight excluding hydrogens is 218 g/mol. The van der Waals surface area contributed by atoms with Gasteiger partial charge in [0.25, 0.3) is 0 Å². The molecule has 1 aliphatic carbocycles. The summed E-state index contributed by atoms with van der Waals surface area (Å²) in [6.45, 7) is 9.07. The summed E-state index contributed by atoms with van der Waals surface area (Å²) in [4.78, 5) is 0. The van der Waals surface area contributed by atoms with Gasteiger partial charge < -0.3 is 5.32 Å². The Hall–Kier alpha value is -0.820. The molecule has 100 valence electrons. The number of nitrogens with one attached hydrogen (secondary N) is 1. The monoisotopic (exact) mass is 245 g/mol. The molecule has 0 bridgehead atoms. The molecule has 1 unspecified atom stereocenters. The molecule has 1 atom stereocenters. The Kier molecular flexibility index (Phi) is 4.45. The summed E-state index contributed by atoms with van der Waals surface area (Å²) in [5, 5.41) is 3.76. The van der Waals surface area contributed by atoms with Gasteiger partial charge in [-0.3, -0.25) is 0 Å². The highest BCUT2D eigenvalue weighted by Gasteiger charge is 2.30. The third-order valence-electron chi connectivity index (χ3n) is 4.03. The maximum atomic E-state index is 3.76. The molecule has 0 aromatic heterocycles. The fourth-order valence-corrected chi connectivity index (χ4v) is 3.04. The molecule has 0 saturated heterocycles. The van der Waals surface area contributed by atoms with Crippen molar-refractivity contribution in [3.63, 3.8) is 0 Å². The van der Waals surface area contributed by atoms with Gasteiger partial charge in [0.1, 0.15) is 0 Å². The van der Waals surface area contributed by atoms with Gasteiger partial charge in [-0.15, -0.1) is 0 Å². The average Bonchev–Trinajstić information content (AvgIpc) is 2.23. The van der Waals surface area contributed by atoms with E-state index in [1.54, 1.807) is 0 Å². The lowest BCUT2D eigenvalue weighted by Gasteiger charge is -2.38. The molecule has 1 aliphatic rings. The van der Waals surface area contributed by atoms with Gasteiger partial charge >= 0.3 is 0 Å². The molecule has 2 rings (SSSR count). The largest absolute Gasteiger partial charge is 0.311 e. The van der Waals surface area contributed by atoms with E-state index < -0.39 is 0 Å². The highest BCUT2D eigenvalue weighted by molar-refractivity contribution is 5.26. The minimum Gasteiger partial charge on any atom is -0.311 e. The predicted molar refractivity (Wildman–Crippen MR) is 79.0 cm³/mol. The van der Waals surface area contributed by atoms with Crippen molar-refractivity contribution in [3.05, 3.63) is 35.4 Å². The number of benzene rings is 1. The second-order valence-corrected chi connectivity index (χ2v) is 6.47. The Morgan fingerprint density at radius 3 is 2.28 bits per heavy atom. The van der Waals surface area contributed by atoms with Gasteiger partial charge in [0.05, 0.1) is 0 Å². The van der Waals surface area contributed by atoms with Crippen LogP contribution in [0.4, 0.5) is 0 Å². The summed E-state index contributed by atoms with van der Waals surface area (Å²) >= 11 is 0. The van der Waals surface area contributed by atoms with Crippen LogP contribution in [0.5, 0.6) is 0 Å². The van der Waals surface area contributed by atoms with Crippen molar-refractivity contribution in [1.82, 2.24) is 5.32 Å². The van der Waals surface area contributed by atoms with Crippen LogP contribution in [0.2, 0.25) is 0 Å². The smallest absolute Gasteiger partial charge is 0.00812 e. The first-order chi connectivity index (χ1) is 8.54. The van der Waals surface area contributed by atoms with E-state index >= 15 is 0 Å². The van der Waals surface area contributed by atoms with E-state index in [2.05, 4.69) is 57.3 Å². The van der Waals surface area contributed by atoms with Gasteiger partial charge in [-0.05, 0) is 50.5 Å². The van der Waals surface area contributed by atoms with Gasteiger partial charge in [-0.2, -0.15) is 0 Å². The third kappa shape index (κ3) is 3.58. The van der Waals surface area contributed by atoms with Crippen LogP contribution < -0.4 is 5.32 Å². The molecule has 1 fully saturated rings. The Bertz CT molecular complexity index is 360. The van der Waals surface area contributed by atoms with E-state index in [0.717, 1.165) is 17.9 Å². The predicted octanol–water partition coefficient (Wildman–Crippen LogP) is 4.27. The molecule has 0 spiro atoms. The molecule has 0 radical (unpaired) electrons. The molecule has 1 aromatic rings. The highest BCUT2D eigenvalue weighted by Crippen LogP contribution is 2.37. The molecule has 0 aliphatic heterocycles. The molecule has 1 heteroatoms. The first-order valence-corrected chi connectivity index (χ1v) is 7.37. The van der Waals surface area contributed by atoms with E-state index in [1.165, 1.54) is 30.4 Å². The van der Waals surface area contributed by atoms with Crippen LogP contribution in [0.15, 0.2) is 24.3 Å². The SMILES string of the molecule is Cc1ccc(C2CC(NC(C)CC(C)C)C2)cc1. The van der Waals surface area contributed by atoms with Crippen molar-refractivity contribution < 1.29 is 0 Å². The Balaban J connectivity index is 1.75. The first-order valence-electron chi connectivity index (χ1n) is 7.37. The van der Waals surface area contributed by atoms with Crippen molar-refractivity contribution in [2.24, 2.45) is 5.92 Å². The fraction of sp³-hybridized carbons (Fsp3) is 0.647. The standard InChI is InChI=1S/C17H27N/c1-12(2)9-14(4)18-17-10-16(11-17)15-7-5-13(3)6-8-15/h5-8,12,14,16-18H,9-11H2,1-4H3. The quantitative estimate of drug-likeness (QED) is 0.817. The molecule has 1 aromatic carbocycles. The second-order valence-electron chi connectivity index (χ2n) is 6.47. The molecule has 1 nitrogen and oxygen atoms in total. The second kappa shape index (κ2) is 5.88. The normalized spacial score (nSPS) is 24.9. The van der Waals surface area contributed by atoms with Crippen LogP contribution >= 0.6 is 0 Å². The summed E-state index contributed by atoms with van der Waals surface area (Å²) in [6, 6.07) is 10.5. The number of hydrogen-bond acceptors (Lipinski definition) is 1. The van der Waals surface area contributed by atoms with Crippen LogP contribution in [0, 0.1) is 12.8 Å². The van der Waals surface area contributed by atoms with E-state index in [-0.39, 0.29) is 0 Å². The zero-order valence-corrected chi connectivity index (χ0v) is 12.2. The Labute approximate surface area is 112 Å². The van der Waals surface area contributed by atoms with E-state index in [0.29, 0.717) is 6.04 Å². The molecule has 1 N–H and O–H groups in total. The zero-order valence-electron chi connectivity index (χ0n) is 12.2. The van der Waals surface area contributed by atoms with E-state index in [4.69, 9.17) is 0 Å². The van der Waals surface area contributed by atoms with Crippen LogP contribution in [-0.4, -0.2) is 12.1 Å². The average molecular weight is 245 g/mol. The first kappa shape index (κ1) is 13.6. The fourth-order valence-electron chi connectivity index (χ4n) is 3.04. The van der Waals surface area contributed by atoms with E-state index in [9.17, 15) is 0 Å². The number of rotatable bonds is 5. The molecule has 0 amide bonds. The van der Waals surface area contributed by atoms with Crippen LogP contribution in [-0.2, 0) is 0 Å². The zero-order chi connectivity index (χ0) is 13.1. The van der Waals surface area contributed by atoms with Crippen molar-refractivity contribution in [3.8, 4) is 0 Å². The summed E-state index contributed by atoms with van der Waals surface area (Å²) in [7, 11) is 0. The van der Waals surface area contributed by atoms with Crippen LogP contribution in [0.25, 0.3) is 0 Å². The summed E-state index contributed by atoms with van der Waals surface area (Å²) in [6.07, 6.45) is 3.91. The van der Waals surface area contributed by atoms with Crippen molar-refractivity contribution in [2.75, 3.05) is 0 Å². The third-order valence-corrected chi connectivity index (χ3v) is 4.03. The van der Waals surface area contributed by atoms with Crippen molar-refractivity contribution in [1.29, 1.82) is 0 Å². The van der Waals surface area contributed by atoms with Crippen LogP contribution in [0.3, 0.4) is 0 Å². The van der Waals surface area contributed by atoms with Gasteiger partial charge in [0.15, 0.2) is 0 Å². The molecule has 18 heavy (non-hydrogen) atoms. The molecule has 1 saturated carbocycles. The minimum absolute atomic E-state index is 0.661. The Morgan fingerprint density at radius 1 is 1.11 bits per heavy atom. The van der Waals surface area contributed by atoms with Gasteiger partial charge in [-0.1, -0.05) is 43.7 Å². The maximum Gasteiger partial charge on any atom is 0.00812 e. The van der Waals surface area contributed by atoms with Gasteiger partial charge in [-0.25, -0.2) is 0 Å².